The van der Waals surface area contributed by atoms with E-state index in [9.17, 15) is 23.6 Å². The number of rotatable bonds is 11. The average Bonchev–Trinajstić information content (AvgIpc) is 3.23. The van der Waals surface area contributed by atoms with Crippen LogP contribution in [0.1, 0.15) is 31.0 Å². The number of halogens is 1. The normalized spacial score (nSPS) is 12.1. The van der Waals surface area contributed by atoms with Gasteiger partial charge in [0.05, 0.1) is 6.54 Å². The molecule has 10 heteroatoms. The molecule has 3 aromatic rings. The second kappa shape index (κ2) is 13.0. The van der Waals surface area contributed by atoms with Crippen LogP contribution < -0.4 is 5.56 Å². The van der Waals surface area contributed by atoms with E-state index in [0.29, 0.717) is 13.0 Å². The molecule has 2 heterocycles. The summed E-state index contributed by atoms with van der Waals surface area (Å²) in [6.07, 6.45) is 3.20. The maximum atomic E-state index is 13.7. The summed E-state index contributed by atoms with van der Waals surface area (Å²) < 4.78 is 22.7. The number of ketones is 1. The second-order valence-corrected chi connectivity index (χ2v) is 9.67. The lowest BCUT2D eigenvalue weighted by Gasteiger charge is -2.19. The van der Waals surface area contributed by atoms with Crippen LogP contribution in [-0.2, 0) is 33.8 Å². The van der Waals surface area contributed by atoms with E-state index in [-0.39, 0.29) is 42.2 Å². The fraction of sp³-hybridized carbons (Fsp3) is 0.379. The smallest absolute Gasteiger partial charge is 0.409 e. The number of hydrogen-bond donors (Lipinski definition) is 0. The molecular formula is C29H35FN4O5. The number of carbonyl (C=O) groups is 3. The van der Waals surface area contributed by atoms with Crippen molar-refractivity contribution in [2.75, 3.05) is 28.2 Å². The lowest BCUT2D eigenvalue weighted by atomic mass is 10.0. The molecule has 0 aliphatic carbocycles. The lowest BCUT2D eigenvalue weighted by molar-refractivity contribution is -0.127. The zero-order valence-corrected chi connectivity index (χ0v) is 23.0. The third-order valence-electron chi connectivity index (χ3n) is 6.33. The topological polar surface area (TPSA) is 93.8 Å². The maximum absolute atomic E-state index is 13.7. The molecule has 39 heavy (non-hydrogen) atoms. The minimum absolute atomic E-state index is 0.170. The first-order valence-electron chi connectivity index (χ1n) is 12.8. The van der Waals surface area contributed by atoms with Crippen LogP contribution in [-0.4, -0.2) is 71.0 Å². The minimum atomic E-state index is -1.08. The number of ether oxygens (including phenoxy) is 1. The van der Waals surface area contributed by atoms with Crippen molar-refractivity contribution in [1.29, 1.82) is 0 Å². The monoisotopic (exact) mass is 538 g/mol. The molecule has 2 aromatic heterocycles. The number of aryl methyl sites for hydroxylation is 1. The summed E-state index contributed by atoms with van der Waals surface area (Å²) in [4.78, 5) is 53.1. The molecule has 0 aliphatic heterocycles. The molecule has 9 nitrogen and oxygen atoms in total. The highest BCUT2D eigenvalue weighted by atomic mass is 19.1. The van der Waals surface area contributed by atoms with Gasteiger partial charge in [-0.05, 0) is 56.2 Å². The molecule has 0 bridgehead atoms. The van der Waals surface area contributed by atoms with Crippen LogP contribution in [0.25, 0.3) is 10.9 Å². The first kappa shape index (κ1) is 29.3. The fourth-order valence-corrected chi connectivity index (χ4v) is 4.22. The fourth-order valence-electron chi connectivity index (χ4n) is 4.22. The molecular weight excluding hydrogens is 503 g/mol. The van der Waals surface area contributed by atoms with Crippen molar-refractivity contribution in [3.8, 4) is 0 Å². The Kier molecular flexibility index (Phi) is 9.81. The first-order chi connectivity index (χ1) is 18.5. The van der Waals surface area contributed by atoms with Gasteiger partial charge in [0.2, 0.25) is 5.91 Å². The largest absolute Gasteiger partial charge is 0.438 e. The Morgan fingerprint density at radius 1 is 1.08 bits per heavy atom. The number of Topliss-reactive ketones (excluding diaryl/α,β-unsaturated/α-hetero) is 1. The number of allylic oxidation sites excluding steroid dienone is 1. The van der Waals surface area contributed by atoms with E-state index in [2.05, 4.69) is 0 Å². The van der Waals surface area contributed by atoms with Gasteiger partial charge in [-0.1, -0.05) is 12.1 Å². The van der Waals surface area contributed by atoms with E-state index in [4.69, 9.17) is 4.74 Å². The van der Waals surface area contributed by atoms with Crippen molar-refractivity contribution in [3.63, 3.8) is 0 Å². The molecule has 0 saturated heterocycles. The minimum Gasteiger partial charge on any atom is -0.438 e. The summed E-state index contributed by atoms with van der Waals surface area (Å²) in [5.74, 6) is -0.935. The number of pyridine rings is 1. The summed E-state index contributed by atoms with van der Waals surface area (Å²) in [7, 11) is 6.29. The summed E-state index contributed by atoms with van der Waals surface area (Å²) in [5.41, 5.74) is 1.65. The Hall–Kier alpha value is -4.21. The van der Waals surface area contributed by atoms with Gasteiger partial charge in [0.15, 0.2) is 11.9 Å². The number of likely N-dealkylation sites (N-methyl/N-ethyl adjacent to an activating group) is 1. The highest BCUT2D eigenvalue weighted by Gasteiger charge is 2.24. The van der Waals surface area contributed by atoms with Gasteiger partial charge in [-0.25, -0.2) is 9.18 Å². The molecule has 0 fully saturated rings. The van der Waals surface area contributed by atoms with Gasteiger partial charge in [0, 0.05) is 69.5 Å². The maximum Gasteiger partial charge on any atom is 0.409 e. The third-order valence-corrected chi connectivity index (χ3v) is 6.33. The molecule has 0 spiro atoms. The number of carbonyl (C=O) groups excluding carboxylic acids is 3. The number of aromatic nitrogens is 2. The summed E-state index contributed by atoms with van der Waals surface area (Å²) in [6, 6.07) is 9.73. The second-order valence-electron chi connectivity index (χ2n) is 9.67. The summed E-state index contributed by atoms with van der Waals surface area (Å²) in [5, 5.41) is 0.748. The molecule has 3 rings (SSSR count). The van der Waals surface area contributed by atoms with E-state index in [0.717, 1.165) is 16.6 Å². The average molecular weight is 539 g/mol. The first-order valence-corrected chi connectivity index (χ1v) is 12.8. The molecule has 0 saturated carbocycles. The van der Waals surface area contributed by atoms with Crippen molar-refractivity contribution in [1.82, 2.24) is 18.9 Å². The molecule has 2 amide bonds. The van der Waals surface area contributed by atoms with Crippen LogP contribution in [0.3, 0.4) is 0 Å². The van der Waals surface area contributed by atoms with Gasteiger partial charge >= 0.3 is 6.09 Å². The molecule has 1 aromatic carbocycles. The van der Waals surface area contributed by atoms with Crippen molar-refractivity contribution in [2.24, 2.45) is 0 Å². The predicted octanol–water partition coefficient (Wildman–Crippen LogP) is 3.61. The Morgan fingerprint density at radius 2 is 1.82 bits per heavy atom. The lowest BCUT2D eigenvalue weighted by Crippen LogP contribution is -2.35. The zero-order valence-electron chi connectivity index (χ0n) is 23.0. The summed E-state index contributed by atoms with van der Waals surface area (Å²) >= 11 is 0. The van der Waals surface area contributed by atoms with E-state index >= 15 is 0 Å². The number of fused-ring (bicyclic) bond motifs is 1. The van der Waals surface area contributed by atoms with Gasteiger partial charge in [-0.3, -0.25) is 14.4 Å². The van der Waals surface area contributed by atoms with Gasteiger partial charge in [-0.15, -0.1) is 0 Å². The Morgan fingerprint density at radius 3 is 2.49 bits per heavy atom. The van der Waals surface area contributed by atoms with E-state index < -0.39 is 18.0 Å². The molecule has 1 atom stereocenters. The van der Waals surface area contributed by atoms with E-state index in [1.54, 1.807) is 44.6 Å². The van der Waals surface area contributed by atoms with Crippen LogP contribution in [0, 0.1) is 5.82 Å². The van der Waals surface area contributed by atoms with Crippen LogP contribution in [0.5, 0.6) is 0 Å². The Labute approximate surface area is 227 Å². The number of benzene rings is 1. The van der Waals surface area contributed by atoms with Gasteiger partial charge in [0.1, 0.15) is 5.82 Å². The summed E-state index contributed by atoms with van der Waals surface area (Å²) in [6.45, 7) is 2.87. The van der Waals surface area contributed by atoms with Gasteiger partial charge < -0.3 is 23.7 Å². The number of hydrogen-bond acceptors (Lipinski definition) is 5. The number of nitrogens with zero attached hydrogens (tertiary/aromatic N) is 4. The van der Waals surface area contributed by atoms with E-state index in [1.807, 2.05) is 17.6 Å². The van der Waals surface area contributed by atoms with Crippen molar-refractivity contribution in [2.45, 2.75) is 45.4 Å². The highest BCUT2D eigenvalue weighted by Crippen LogP contribution is 2.22. The van der Waals surface area contributed by atoms with Gasteiger partial charge in [-0.2, -0.15) is 0 Å². The predicted molar refractivity (Wildman–Crippen MR) is 147 cm³/mol. The van der Waals surface area contributed by atoms with Crippen LogP contribution >= 0.6 is 0 Å². The van der Waals surface area contributed by atoms with Crippen molar-refractivity contribution < 1.29 is 23.5 Å². The van der Waals surface area contributed by atoms with Crippen molar-refractivity contribution in [3.05, 3.63) is 82.2 Å². The Balaban J connectivity index is 1.80. The third kappa shape index (κ3) is 7.43. The van der Waals surface area contributed by atoms with E-state index in [1.165, 1.54) is 46.7 Å². The van der Waals surface area contributed by atoms with Crippen LogP contribution in [0.15, 0.2) is 59.5 Å². The zero-order chi connectivity index (χ0) is 28.7. The SMILES string of the molecule is CCn1c(Cn2cccc(CC(=O)[C@H](CC/C=C/C(=O)N(C)C)OC(=O)N(C)C)c2=O)cc2cc(F)ccc21. The van der Waals surface area contributed by atoms with Crippen LogP contribution in [0.2, 0.25) is 0 Å². The van der Waals surface area contributed by atoms with Gasteiger partial charge in [0.25, 0.3) is 5.56 Å². The molecule has 0 unspecified atom stereocenters. The van der Waals surface area contributed by atoms with Crippen LogP contribution in [0.4, 0.5) is 9.18 Å². The molecule has 208 valence electrons. The highest BCUT2D eigenvalue weighted by molar-refractivity contribution is 5.88. The molecule has 0 radical (unpaired) electrons. The quantitative estimate of drug-likeness (QED) is 0.348. The molecule has 0 N–H and O–H groups in total. The number of amides is 2. The Bertz CT molecular complexity index is 1440. The standard InChI is InChI=1S/C29H35FN4O5/c1-6-34-23(17-21-16-22(30)13-14-24(21)34)19-33-15-9-10-20(28(33)37)18-25(35)26(39-29(38)32(4)5)11-7-8-12-27(36)31(2)3/h8-10,12-17,26H,6-7,11,18-19H2,1-5H3/b12-8+/t26-/m0/s1. The van der Waals surface area contributed by atoms with Crippen molar-refractivity contribution >= 4 is 28.7 Å². The molecule has 0 aliphatic rings.